The lowest BCUT2D eigenvalue weighted by molar-refractivity contribution is 0.0820. The Kier molecular flexibility index (Phi) is 6.79. The largest absolute Gasteiger partial charge is 0.359 e. The molecule has 0 N–H and O–H groups in total. The molecule has 0 fully saturated rings. The molecule has 0 radical (unpaired) electrons. The van der Waals surface area contributed by atoms with Gasteiger partial charge in [0.1, 0.15) is 18.2 Å². The van der Waals surface area contributed by atoms with Gasteiger partial charge in [-0.15, -0.1) is 0 Å². The Hall–Kier alpha value is -1.72. The van der Waals surface area contributed by atoms with Gasteiger partial charge in [0.25, 0.3) is 0 Å². The van der Waals surface area contributed by atoms with Crippen molar-refractivity contribution in [2.75, 3.05) is 27.0 Å². The summed E-state index contributed by atoms with van der Waals surface area (Å²) < 4.78 is 33.6. The van der Waals surface area contributed by atoms with E-state index in [0.29, 0.717) is 44.8 Å². The molecule has 29 heavy (non-hydrogen) atoms. The smallest absolute Gasteiger partial charge is 0.219 e. The van der Waals surface area contributed by atoms with Crippen molar-refractivity contribution in [3.8, 4) is 11.3 Å². The molecule has 2 heterocycles. The van der Waals surface area contributed by atoms with Crippen LogP contribution in [0, 0.1) is 0 Å². The fourth-order valence-corrected chi connectivity index (χ4v) is 4.14. The van der Waals surface area contributed by atoms with Gasteiger partial charge in [0.2, 0.25) is 10.0 Å². The van der Waals surface area contributed by atoms with Crippen LogP contribution < -0.4 is 0 Å². The van der Waals surface area contributed by atoms with Crippen LogP contribution in [-0.2, 0) is 27.2 Å². The molecule has 0 spiro atoms. The van der Waals surface area contributed by atoms with E-state index >= 15 is 0 Å². The molecule has 3 rings (SSSR count). The van der Waals surface area contributed by atoms with Crippen molar-refractivity contribution in [1.82, 2.24) is 24.1 Å². The minimum Gasteiger partial charge on any atom is -0.359 e. The van der Waals surface area contributed by atoms with Gasteiger partial charge in [-0.2, -0.15) is 5.10 Å². The third-order valence-corrected chi connectivity index (χ3v) is 6.88. The summed E-state index contributed by atoms with van der Waals surface area (Å²) in [7, 11) is -0.558. The Balaban J connectivity index is 2.34. The standard InChI is InChI=1S/C18H22ClN5O3S2/c1-5-27-11-24-17-15(16(22-24)12-8-6-7-9-13(12)19)14(20-18(21-17)28-4)10-29(25,26)23(2)3/h6-9H,5,10-11H2,1-4H3. The number of fused-ring (bicyclic) bond motifs is 1. The first-order chi connectivity index (χ1) is 13.8. The van der Waals surface area contributed by atoms with Crippen molar-refractivity contribution in [2.45, 2.75) is 24.6 Å². The van der Waals surface area contributed by atoms with Crippen LogP contribution in [0.1, 0.15) is 12.6 Å². The van der Waals surface area contributed by atoms with Crippen LogP contribution in [-0.4, -0.2) is 59.4 Å². The van der Waals surface area contributed by atoms with Crippen LogP contribution in [0.15, 0.2) is 29.4 Å². The molecule has 0 atom stereocenters. The molecule has 0 unspecified atom stereocenters. The Labute approximate surface area is 179 Å². The van der Waals surface area contributed by atoms with E-state index in [1.165, 1.54) is 30.2 Å². The van der Waals surface area contributed by atoms with Crippen LogP contribution in [0.3, 0.4) is 0 Å². The van der Waals surface area contributed by atoms with Crippen LogP contribution >= 0.6 is 23.4 Å². The maximum Gasteiger partial charge on any atom is 0.219 e. The van der Waals surface area contributed by atoms with E-state index in [9.17, 15) is 8.42 Å². The Morgan fingerprint density at radius 1 is 1.24 bits per heavy atom. The van der Waals surface area contributed by atoms with Crippen molar-refractivity contribution >= 4 is 44.4 Å². The molecule has 0 saturated carbocycles. The van der Waals surface area contributed by atoms with E-state index in [4.69, 9.17) is 16.3 Å². The van der Waals surface area contributed by atoms with Crippen molar-refractivity contribution in [1.29, 1.82) is 0 Å². The number of aromatic nitrogens is 4. The number of thioether (sulfide) groups is 1. The summed E-state index contributed by atoms with van der Waals surface area (Å²) in [6.45, 7) is 2.57. The zero-order valence-electron chi connectivity index (χ0n) is 16.6. The Morgan fingerprint density at radius 3 is 2.59 bits per heavy atom. The van der Waals surface area contributed by atoms with Gasteiger partial charge in [0, 0.05) is 26.3 Å². The van der Waals surface area contributed by atoms with Crippen molar-refractivity contribution in [3.05, 3.63) is 35.0 Å². The third-order valence-electron chi connectivity index (χ3n) is 4.25. The lowest BCUT2D eigenvalue weighted by Crippen LogP contribution is -2.24. The number of hydrogen-bond acceptors (Lipinski definition) is 7. The van der Waals surface area contributed by atoms with Crippen LogP contribution in [0.4, 0.5) is 0 Å². The molecule has 8 nitrogen and oxygen atoms in total. The van der Waals surface area contributed by atoms with E-state index in [1.807, 2.05) is 31.4 Å². The second-order valence-electron chi connectivity index (χ2n) is 6.34. The van der Waals surface area contributed by atoms with Crippen molar-refractivity contribution in [2.24, 2.45) is 0 Å². The second kappa shape index (κ2) is 8.97. The van der Waals surface area contributed by atoms with Gasteiger partial charge < -0.3 is 4.74 Å². The number of hydrogen-bond donors (Lipinski definition) is 0. The Morgan fingerprint density at radius 2 is 1.97 bits per heavy atom. The zero-order valence-corrected chi connectivity index (χ0v) is 19.0. The topological polar surface area (TPSA) is 90.2 Å². The van der Waals surface area contributed by atoms with E-state index in [2.05, 4.69) is 15.1 Å². The first-order valence-corrected chi connectivity index (χ1v) is 12.0. The number of rotatable bonds is 8. The van der Waals surface area contributed by atoms with E-state index in [0.717, 1.165) is 0 Å². The van der Waals surface area contributed by atoms with Crippen molar-refractivity contribution in [3.63, 3.8) is 0 Å². The van der Waals surface area contributed by atoms with E-state index < -0.39 is 10.0 Å². The van der Waals surface area contributed by atoms with E-state index in [-0.39, 0.29) is 12.5 Å². The van der Waals surface area contributed by atoms with Gasteiger partial charge in [-0.3, -0.25) is 0 Å². The fourth-order valence-electron chi connectivity index (χ4n) is 2.73. The summed E-state index contributed by atoms with van der Waals surface area (Å²) in [5.41, 5.74) is 2.10. The molecule has 2 aromatic heterocycles. The lowest BCUT2D eigenvalue weighted by atomic mass is 10.1. The van der Waals surface area contributed by atoms with E-state index in [1.54, 1.807) is 10.7 Å². The highest BCUT2D eigenvalue weighted by molar-refractivity contribution is 7.98. The predicted molar refractivity (Wildman–Crippen MR) is 115 cm³/mol. The van der Waals surface area contributed by atoms with Gasteiger partial charge in [0.05, 0.1) is 16.1 Å². The minimum absolute atomic E-state index is 0.183. The highest BCUT2D eigenvalue weighted by Crippen LogP contribution is 2.35. The zero-order chi connectivity index (χ0) is 21.2. The fraction of sp³-hybridized carbons (Fsp3) is 0.389. The third kappa shape index (κ3) is 4.56. The monoisotopic (exact) mass is 455 g/mol. The molecular weight excluding hydrogens is 434 g/mol. The molecule has 1 aromatic carbocycles. The van der Waals surface area contributed by atoms with Crippen molar-refractivity contribution < 1.29 is 13.2 Å². The number of ether oxygens (including phenoxy) is 1. The summed E-state index contributed by atoms with van der Waals surface area (Å²) in [5.74, 6) is -0.273. The first kappa shape index (κ1) is 22.0. The highest BCUT2D eigenvalue weighted by Gasteiger charge is 2.25. The molecule has 156 valence electrons. The number of nitrogens with zero attached hydrogens (tertiary/aromatic N) is 5. The average Bonchev–Trinajstić information content (AvgIpc) is 3.04. The van der Waals surface area contributed by atoms with Gasteiger partial charge in [-0.25, -0.2) is 27.4 Å². The highest BCUT2D eigenvalue weighted by atomic mass is 35.5. The predicted octanol–water partition coefficient (Wildman–Crippen LogP) is 3.25. The molecule has 0 saturated heterocycles. The number of benzene rings is 1. The molecule has 0 aliphatic rings. The summed E-state index contributed by atoms with van der Waals surface area (Å²) in [6.07, 6.45) is 1.84. The summed E-state index contributed by atoms with van der Waals surface area (Å²) in [4.78, 5) is 9.08. The van der Waals surface area contributed by atoms with Gasteiger partial charge in [-0.05, 0) is 19.2 Å². The molecule has 0 aliphatic heterocycles. The minimum atomic E-state index is -3.55. The summed E-state index contributed by atoms with van der Waals surface area (Å²) in [5, 5.41) is 6.18. The SMILES string of the molecule is CCOCn1nc(-c2ccccc2Cl)c2c(CS(=O)(=O)N(C)C)nc(SC)nc21. The summed E-state index contributed by atoms with van der Waals surface area (Å²) in [6, 6.07) is 7.27. The lowest BCUT2D eigenvalue weighted by Gasteiger charge is -2.12. The van der Waals surface area contributed by atoms with Gasteiger partial charge >= 0.3 is 0 Å². The maximum atomic E-state index is 12.6. The first-order valence-electron chi connectivity index (χ1n) is 8.82. The number of sulfonamides is 1. The second-order valence-corrected chi connectivity index (χ2v) is 9.71. The van der Waals surface area contributed by atoms with Crippen LogP contribution in [0.2, 0.25) is 5.02 Å². The molecule has 0 aliphatic carbocycles. The number of halogens is 1. The quantitative estimate of drug-likeness (QED) is 0.380. The molecule has 11 heteroatoms. The average molecular weight is 456 g/mol. The summed E-state index contributed by atoms with van der Waals surface area (Å²) >= 11 is 7.75. The molecule has 3 aromatic rings. The van der Waals surface area contributed by atoms with Crippen LogP contribution in [0.25, 0.3) is 22.3 Å². The molecular formula is C18H22ClN5O3S2. The Bertz CT molecular complexity index is 1130. The maximum absolute atomic E-state index is 12.6. The van der Waals surface area contributed by atoms with Gasteiger partial charge in [-0.1, -0.05) is 41.6 Å². The normalized spacial score (nSPS) is 12.2. The van der Waals surface area contributed by atoms with Gasteiger partial charge in [0.15, 0.2) is 10.8 Å². The van der Waals surface area contributed by atoms with Crippen LogP contribution in [0.5, 0.6) is 0 Å². The molecule has 0 amide bonds. The molecule has 0 bridgehead atoms.